The summed E-state index contributed by atoms with van der Waals surface area (Å²) in [5, 5.41) is 6.21. The number of hydrogen-bond donors (Lipinski definition) is 2. The molecule has 0 atom stereocenters. The van der Waals surface area contributed by atoms with Crippen LogP contribution in [0.3, 0.4) is 0 Å². The standard InChI is InChI=1S/C17H19BrN2O/c1-4-19-14-9-8-13(10-12(14)3)17(21)20-15-7-5-6-11(2)16(15)18/h5-10,19H,4H2,1-3H3,(H,20,21). The van der Waals surface area contributed by atoms with Crippen LogP contribution in [0, 0.1) is 13.8 Å². The second-order valence-electron chi connectivity index (χ2n) is 4.95. The van der Waals surface area contributed by atoms with E-state index in [0.29, 0.717) is 5.56 Å². The molecule has 2 aromatic carbocycles. The summed E-state index contributed by atoms with van der Waals surface area (Å²) in [6.07, 6.45) is 0. The third-order valence-electron chi connectivity index (χ3n) is 3.30. The highest BCUT2D eigenvalue weighted by atomic mass is 79.9. The van der Waals surface area contributed by atoms with Gasteiger partial charge in [-0.1, -0.05) is 12.1 Å². The Morgan fingerprint density at radius 3 is 2.52 bits per heavy atom. The molecule has 0 saturated heterocycles. The summed E-state index contributed by atoms with van der Waals surface area (Å²) in [7, 11) is 0. The molecule has 110 valence electrons. The highest BCUT2D eigenvalue weighted by molar-refractivity contribution is 9.10. The first-order chi connectivity index (χ1) is 10.0. The average molecular weight is 347 g/mol. The largest absolute Gasteiger partial charge is 0.385 e. The van der Waals surface area contributed by atoms with Gasteiger partial charge in [-0.15, -0.1) is 0 Å². The average Bonchev–Trinajstić information content (AvgIpc) is 2.46. The van der Waals surface area contributed by atoms with Crippen LogP contribution in [0.1, 0.15) is 28.4 Å². The molecule has 0 radical (unpaired) electrons. The number of aryl methyl sites for hydroxylation is 2. The summed E-state index contributed by atoms with van der Waals surface area (Å²) in [4.78, 5) is 12.3. The molecule has 0 spiro atoms. The second-order valence-corrected chi connectivity index (χ2v) is 5.74. The van der Waals surface area contributed by atoms with Gasteiger partial charge in [-0.05, 0) is 72.1 Å². The molecule has 2 aromatic rings. The quantitative estimate of drug-likeness (QED) is 0.838. The van der Waals surface area contributed by atoms with Crippen molar-refractivity contribution in [1.82, 2.24) is 0 Å². The first kappa shape index (κ1) is 15.6. The van der Waals surface area contributed by atoms with Crippen molar-refractivity contribution < 1.29 is 4.79 Å². The minimum absolute atomic E-state index is 0.104. The van der Waals surface area contributed by atoms with E-state index in [0.717, 1.165) is 33.5 Å². The number of benzene rings is 2. The summed E-state index contributed by atoms with van der Waals surface area (Å²) in [5.41, 5.74) is 4.65. The van der Waals surface area contributed by atoms with E-state index in [1.807, 2.05) is 50.2 Å². The van der Waals surface area contributed by atoms with Crippen molar-refractivity contribution in [1.29, 1.82) is 0 Å². The van der Waals surface area contributed by atoms with E-state index in [-0.39, 0.29) is 5.91 Å². The van der Waals surface area contributed by atoms with Crippen LogP contribution in [-0.4, -0.2) is 12.5 Å². The molecule has 2 N–H and O–H groups in total. The predicted molar refractivity (Wildman–Crippen MR) is 92.2 cm³/mol. The van der Waals surface area contributed by atoms with Crippen LogP contribution >= 0.6 is 15.9 Å². The molecule has 0 aromatic heterocycles. The lowest BCUT2D eigenvalue weighted by Gasteiger charge is -2.11. The molecule has 2 rings (SSSR count). The normalized spacial score (nSPS) is 10.3. The topological polar surface area (TPSA) is 41.1 Å². The van der Waals surface area contributed by atoms with Gasteiger partial charge in [0, 0.05) is 22.3 Å². The molecule has 0 aliphatic carbocycles. The summed E-state index contributed by atoms with van der Waals surface area (Å²) in [6.45, 7) is 6.91. The van der Waals surface area contributed by atoms with Crippen LogP contribution in [0.25, 0.3) is 0 Å². The molecule has 3 nitrogen and oxygen atoms in total. The van der Waals surface area contributed by atoms with Crippen molar-refractivity contribution in [2.75, 3.05) is 17.2 Å². The molecule has 0 aliphatic rings. The van der Waals surface area contributed by atoms with Gasteiger partial charge < -0.3 is 10.6 Å². The van der Waals surface area contributed by atoms with Gasteiger partial charge >= 0.3 is 0 Å². The Kier molecular flexibility index (Phi) is 5.02. The molecule has 21 heavy (non-hydrogen) atoms. The Bertz CT molecular complexity index is 668. The van der Waals surface area contributed by atoms with E-state index in [2.05, 4.69) is 33.5 Å². The molecule has 1 amide bonds. The number of halogens is 1. The van der Waals surface area contributed by atoms with Crippen molar-refractivity contribution in [3.63, 3.8) is 0 Å². The molecular weight excluding hydrogens is 328 g/mol. The van der Waals surface area contributed by atoms with Gasteiger partial charge in [0.05, 0.1) is 5.69 Å². The molecule has 0 saturated carbocycles. The van der Waals surface area contributed by atoms with E-state index in [1.165, 1.54) is 0 Å². The monoisotopic (exact) mass is 346 g/mol. The zero-order valence-corrected chi connectivity index (χ0v) is 14.0. The lowest BCUT2D eigenvalue weighted by Crippen LogP contribution is -2.13. The van der Waals surface area contributed by atoms with Gasteiger partial charge in [-0.2, -0.15) is 0 Å². The van der Waals surface area contributed by atoms with Crippen LogP contribution in [0.2, 0.25) is 0 Å². The lowest BCUT2D eigenvalue weighted by molar-refractivity contribution is 0.102. The first-order valence-electron chi connectivity index (χ1n) is 6.94. The van der Waals surface area contributed by atoms with Gasteiger partial charge in [-0.3, -0.25) is 4.79 Å². The number of rotatable bonds is 4. The number of carbonyl (C=O) groups is 1. The Hall–Kier alpha value is -1.81. The highest BCUT2D eigenvalue weighted by Gasteiger charge is 2.10. The fourth-order valence-corrected chi connectivity index (χ4v) is 2.50. The molecule has 4 heteroatoms. The summed E-state index contributed by atoms with van der Waals surface area (Å²) in [6, 6.07) is 11.5. The highest BCUT2D eigenvalue weighted by Crippen LogP contribution is 2.26. The Labute approximate surface area is 133 Å². The fraction of sp³-hybridized carbons (Fsp3) is 0.235. The van der Waals surface area contributed by atoms with Crippen molar-refractivity contribution in [3.8, 4) is 0 Å². The van der Waals surface area contributed by atoms with Gasteiger partial charge in [0.1, 0.15) is 0 Å². The summed E-state index contributed by atoms with van der Waals surface area (Å²) >= 11 is 3.50. The molecule has 0 heterocycles. The maximum absolute atomic E-state index is 12.3. The predicted octanol–water partition coefficient (Wildman–Crippen LogP) is 4.75. The van der Waals surface area contributed by atoms with Crippen LogP contribution in [0.15, 0.2) is 40.9 Å². The zero-order chi connectivity index (χ0) is 15.4. The summed E-state index contributed by atoms with van der Waals surface area (Å²) in [5.74, 6) is -0.104. The number of carbonyl (C=O) groups excluding carboxylic acids is 1. The Morgan fingerprint density at radius 2 is 1.86 bits per heavy atom. The van der Waals surface area contributed by atoms with Crippen molar-refractivity contribution in [2.45, 2.75) is 20.8 Å². The van der Waals surface area contributed by atoms with Gasteiger partial charge in [0.15, 0.2) is 0 Å². The smallest absolute Gasteiger partial charge is 0.255 e. The van der Waals surface area contributed by atoms with E-state index < -0.39 is 0 Å². The van der Waals surface area contributed by atoms with Gasteiger partial charge in [0.2, 0.25) is 0 Å². The Balaban J connectivity index is 2.21. The maximum atomic E-state index is 12.3. The molecule has 0 unspecified atom stereocenters. The minimum atomic E-state index is -0.104. The number of nitrogens with one attached hydrogen (secondary N) is 2. The molecular formula is C17H19BrN2O. The minimum Gasteiger partial charge on any atom is -0.385 e. The molecule has 0 bridgehead atoms. The van der Waals surface area contributed by atoms with Crippen LogP contribution < -0.4 is 10.6 Å². The van der Waals surface area contributed by atoms with Gasteiger partial charge in [0.25, 0.3) is 5.91 Å². The van der Waals surface area contributed by atoms with Crippen molar-refractivity contribution in [2.24, 2.45) is 0 Å². The first-order valence-corrected chi connectivity index (χ1v) is 7.73. The fourth-order valence-electron chi connectivity index (χ4n) is 2.13. The maximum Gasteiger partial charge on any atom is 0.255 e. The van der Waals surface area contributed by atoms with Crippen LogP contribution in [-0.2, 0) is 0 Å². The van der Waals surface area contributed by atoms with Crippen LogP contribution in [0.4, 0.5) is 11.4 Å². The summed E-state index contributed by atoms with van der Waals surface area (Å²) < 4.78 is 0.916. The van der Waals surface area contributed by atoms with Gasteiger partial charge in [-0.25, -0.2) is 0 Å². The van der Waals surface area contributed by atoms with E-state index >= 15 is 0 Å². The van der Waals surface area contributed by atoms with Crippen molar-refractivity contribution >= 4 is 33.2 Å². The van der Waals surface area contributed by atoms with E-state index in [1.54, 1.807) is 0 Å². The molecule has 0 aliphatic heterocycles. The van der Waals surface area contributed by atoms with Crippen molar-refractivity contribution in [3.05, 3.63) is 57.6 Å². The Morgan fingerprint density at radius 1 is 1.10 bits per heavy atom. The number of hydrogen-bond acceptors (Lipinski definition) is 2. The number of anilines is 2. The van der Waals surface area contributed by atoms with Crippen LogP contribution in [0.5, 0.6) is 0 Å². The third kappa shape index (κ3) is 3.64. The SMILES string of the molecule is CCNc1ccc(C(=O)Nc2cccc(C)c2Br)cc1C. The van der Waals surface area contributed by atoms with E-state index in [9.17, 15) is 4.79 Å². The number of amides is 1. The zero-order valence-electron chi connectivity index (χ0n) is 12.5. The lowest BCUT2D eigenvalue weighted by atomic mass is 10.1. The van der Waals surface area contributed by atoms with E-state index in [4.69, 9.17) is 0 Å². The molecule has 0 fully saturated rings. The third-order valence-corrected chi connectivity index (χ3v) is 4.35. The second kappa shape index (κ2) is 6.76.